The average Bonchev–Trinajstić information content (AvgIpc) is 2.25. The summed E-state index contributed by atoms with van der Waals surface area (Å²) in [6.45, 7) is 7.59. The van der Waals surface area contributed by atoms with Crippen molar-refractivity contribution < 1.29 is 9.13 Å². The first-order chi connectivity index (χ1) is 7.59. The monoisotopic (exact) mass is 225 g/mol. The van der Waals surface area contributed by atoms with E-state index in [1.54, 1.807) is 12.1 Å². The van der Waals surface area contributed by atoms with Gasteiger partial charge in [0.05, 0.1) is 12.7 Å². The van der Waals surface area contributed by atoms with Crippen molar-refractivity contribution in [3.8, 4) is 0 Å². The molecule has 90 valence electrons. The van der Waals surface area contributed by atoms with Gasteiger partial charge in [-0.3, -0.25) is 0 Å². The summed E-state index contributed by atoms with van der Waals surface area (Å²) in [5, 5.41) is 3.33. The van der Waals surface area contributed by atoms with Gasteiger partial charge in [-0.05, 0) is 38.5 Å². The number of benzene rings is 1. The molecule has 0 aromatic heterocycles. The fourth-order valence-corrected chi connectivity index (χ4v) is 1.44. The van der Waals surface area contributed by atoms with Gasteiger partial charge in [-0.15, -0.1) is 0 Å². The van der Waals surface area contributed by atoms with E-state index in [0.717, 1.165) is 12.1 Å². The second-order valence-electron chi connectivity index (χ2n) is 4.15. The maximum absolute atomic E-state index is 12.7. The number of hydrogen-bond acceptors (Lipinski definition) is 2. The molecule has 0 saturated heterocycles. The third kappa shape index (κ3) is 4.73. The van der Waals surface area contributed by atoms with Crippen molar-refractivity contribution in [3.05, 3.63) is 35.6 Å². The third-order valence-electron chi connectivity index (χ3n) is 2.37. The molecule has 1 aromatic rings. The number of nitrogens with one attached hydrogen (secondary N) is 1. The lowest BCUT2D eigenvalue weighted by atomic mass is 10.1. The fraction of sp³-hybridized carbons (Fsp3) is 0.538. The van der Waals surface area contributed by atoms with Gasteiger partial charge in [0.25, 0.3) is 0 Å². The van der Waals surface area contributed by atoms with Gasteiger partial charge in [-0.1, -0.05) is 12.1 Å². The van der Waals surface area contributed by atoms with E-state index in [-0.39, 0.29) is 18.0 Å². The number of rotatable bonds is 6. The van der Waals surface area contributed by atoms with Gasteiger partial charge in [0.15, 0.2) is 0 Å². The molecule has 0 aliphatic carbocycles. The Balaban J connectivity index is 2.29. The van der Waals surface area contributed by atoms with Crippen molar-refractivity contribution in [2.45, 2.75) is 32.9 Å². The minimum Gasteiger partial charge on any atom is -0.377 e. The molecule has 16 heavy (non-hydrogen) atoms. The maximum Gasteiger partial charge on any atom is 0.123 e. The molecule has 0 spiro atoms. The molecular formula is C13H20FNO. The van der Waals surface area contributed by atoms with Crippen molar-refractivity contribution in [1.82, 2.24) is 5.32 Å². The molecule has 2 nitrogen and oxygen atoms in total. The molecule has 0 aliphatic rings. The number of halogens is 1. The van der Waals surface area contributed by atoms with Crippen LogP contribution in [0.3, 0.4) is 0 Å². The van der Waals surface area contributed by atoms with Crippen LogP contribution < -0.4 is 5.32 Å². The first-order valence-electron chi connectivity index (χ1n) is 5.70. The summed E-state index contributed by atoms with van der Waals surface area (Å²) in [5.74, 6) is -0.195. The van der Waals surface area contributed by atoms with Crippen molar-refractivity contribution in [3.63, 3.8) is 0 Å². The second kappa shape index (κ2) is 6.61. The van der Waals surface area contributed by atoms with Crippen LogP contribution in [0, 0.1) is 5.82 Å². The molecule has 1 atom stereocenters. The molecule has 0 heterocycles. The van der Waals surface area contributed by atoms with E-state index < -0.39 is 0 Å². The molecule has 0 radical (unpaired) electrons. The standard InChI is InChI=1S/C13H20FNO/c1-10(2)16-9-8-15-11(3)12-4-6-13(14)7-5-12/h4-7,10-11,15H,8-9H2,1-3H3/t11-/m1/s1. The predicted octanol–water partition coefficient (Wildman–Crippen LogP) is 2.90. The summed E-state index contributed by atoms with van der Waals surface area (Å²) in [4.78, 5) is 0. The molecule has 0 bridgehead atoms. The van der Waals surface area contributed by atoms with Crippen molar-refractivity contribution in [2.75, 3.05) is 13.2 Å². The topological polar surface area (TPSA) is 21.3 Å². The highest BCUT2D eigenvalue weighted by Crippen LogP contribution is 2.12. The van der Waals surface area contributed by atoms with Gasteiger partial charge in [0, 0.05) is 12.6 Å². The van der Waals surface area contributed by atoms with Gasteiger partial charge in [0.1, 0.15) is 5.82 Å². The van der Waals surface area contributed by atoms with E-state index in [1.165, 1.54) is 12.1 Å². The Bertz CT molecular complexity index is 297. The van der Waals surface area contributed by atoms with Crippen LogP contribution in [-0.2, 0) is 4.74 Å². The lowest BCUT2D eigenvalue weighted by Gasteiger charge is -2.15. The molecule has 3 heteroatoms. The Hall–Kier alpha value is -0.930. The van der Waals surface area contributed by atoms with E-state index in [0.29, 0.717) is 6.61 Å². The van der Waals surface area contributed by atoms with Crippen LogP contribution in [0.15, 0.2) is 24.3 Å². The molecule has 1 aromatic carbocycles. The van der Waals surface area contributed by atoms with Gasteiger partial charge in [-0.2, -0.15) is 0 Å². The van der Waals surface area contributed by atoms with E-state index >= 15 is 0 Å². The third-order valence-corrected chi connectivity index (χ3v) is 2.37. The largest absolute Gasteiger partial charge is 0.377 e. The molecule has 0 aliphatic heterocycles. The Kier molecular flexibility index (Phi) is 5.43. The summed E-state index contributed by atoms with van der Waals surface area (Å²) >= 11 is 0. The quantitative estimate of drug-likeness (QED) is 0.752. The Labute approximate surface area is 96.8 Å². The zero-order valence-corrected chi connectivity index (χ0v) is 10.2. The summed E-state index contributed by atoms with van der Waals surface area (Å²) in [5.41, 5.74) is 1.09. The molecule has 1 rings (SSSR count). The number of hydrogen-bond donors (Lipinski definition) is 1. The summed E-state index contributed by atoms with van der Waals surface area (Å²) < 4.78 is 18.1. The Morgan fingerprint density at radius 1 is 1.19 bits per heavy atom. The highest BCUT2D eigenvalue weighted by molar-refractivity contribution is 5.19. The molecule has 0 amide bonds. The van der Waals surface area contributed by atoms with Crippen LogP contribution in [0.5, 0.6) is 0 Å². The molecule has 1 N–H and O–H groups in total. The lowest BCUT2D eigenvalue weighted by molar-refractivity contribution is 0.0796. The average molecular weight is 225 g/mol. The smallest absolute Gasteiger partial charge is 0.123 e. The summed E-state index contributed by atoms with van der Waals surface area (Å²) in [6, 6.07) is 6.79. The fourth-order valence-electron chi connectivity index (χ4n) is 1.44. The van der Waals surface area contributed by atoms with Gasteiger partial charge >= 0.3 is 0 Å². The van der Waals surface area contributed by atoms with Crippen LogP contribution in [0.2, 0.25) is 0 Å². The number of ether oxygens (including phenoxy) is 1. The van der Waals surface area contributed by atoms with Crippen molar-refractivity contribution in [2.24, 2.45) is 0 Å². The first-order valence-corrected chi connectivity index (χ1v) is 5.70. The highest BCUT2D eigenvalue weighted by atomic mass is 19.1. The van der Waals surface area contributed by atoms with Gasteiger partial charge < -0.3 is 10.1 Å². The Morgan fingerprint density at radius 3 is 2.38 bits per heavy atom. The van der Waals surface area contributed by atoms with E-state index in [4.69, 9.17) is 4.74 Å². The minimum atomic E-state index is -0.195. The Morgan fingerprint density at radius 2 is 1.81 bits per heavy atom. The van der Waals surface area contributed by atoms with Crippen molar-refractivity contribution in [1.29, 1.82) is 0 Å². The minimum absolute atomic E-state index is 0.195. The van der Waals surface area contributed by atoms with Crippen LogP contribution in [0.4, 0.5) is 4.39 Å². The second-order valence-corrected chi connectivity index (χ2v) is 4.15. The summed E-state index contributed by atoms with van der Waals surface area (Å²) in [7, 11) is 0. The molecular weight excluding hydrogens is 205 g/mol. The predicted molar refractivity (Wildman–Crippen MR) is 63.9 cm³/mol. The van der Waals surface area contributed by atoms with Gasteiger partial charge in [-0.25, -0.2) is 4.39 Å². The normalized spacial score (nSPS) is 13.1. The van der Waals surface area contributed by atoms with Crippen LogP contribution in [0.1, 0.15) is 32.4 Å². The molecule has 0 fully saturated rings. The SMILES string of the molecule is CC(C)OCCN[C@H](C)c1ccc(F)cc1. The van der Waals surface area contributed by atoms with Crippen LogP contribution >= 0.6 is 0 Å². The van der Waals surface area contributed by atoms with Crippen LogP contribution in [0.25, 0.3) is 0 Å². The molecule has 0 unspecified atom stereocenters. The lowest BCUT2D eigenvalue weighted by Crippen LogP contribution is -2.24. The molecule has 0 saturated carbocycles. The van der Waals surface area contributed by atoms with Gasteiger partial charge in [0.2, 0.25) is 0 Å². The van der Waals surface area contributed by atoms with Crippen molar-refractivity contribution >= 4 is 0 Å². The van der Waals surface area contributed by atoms with E-state index in [2.05, 4.69) is 12.2 Å². The maximum atomic E-state index is 12.7. The van der Waals surface area contributed by atoms with Crippen LogP contribution in [-0.4, -0.2) is 19.3 Å². The zero-order valence-electron chi connectivity index (χ0n) is 10.2. The van der Waals surface area contributed by atoms with E-state index in [1.807, 2.05) is 13.8 Å². The zero-order chi connectivity index (χ0) is 12.0. The van der Waals surface area contributed by atoms with E-state index in [9.17, 15) is 4.39 Å². The highest BCUT2D eigenvalue weighted by Gasteiger charge is 2.04. The first kappa shape index (κ1) is 13.1. The summed E-state index contributed by atoms with van der Waals surface area (Å²) in [6.07, 6.45) is 0.267.